The van der Waals surface area contributed by atoms with E-state index in [0.29, 0.717) is 5.92 Å². The van der Waals surface area contributed by atoms with Gasteiger partial charge in [0.15, 0.2) is 0 Å². The summed E-state index contributed by atoms with van der Waals surface area (Å²) in [4.78, 5) is 11.6. The third kappa shape index (κ3) is 1.34. The quantitative estimate of drug-likeness (QED) is 0.652. The average Bonchev–Trinajstić information content (AvgIpc) is 3.07. The zero-order valence-corrected chi connectivity index (χ0v) is 10.4. The molecule has 0 bridgehead atoms. The third-order valence-corrected chi connectivity index (χ3v) is 6.13. The van der Waals surface area contributed by atoms with Crippen molar-refractivity contribution in [2.45, 2.75) is 50.5 Å². The summed E-state index contributed by atoms with van der Waals surface area (Å²) in [7, 11) is 0. The van der Waals surface area contributed by atoms with Crippen LogP contribution < -0.4 is 0 Å². The standard InChI is InChI=1S/C15H22O2/c16-9-14-12-4-2-1-3-11(12)8-15(14)13-7-10(13)5-6-17-15/h9-14H,1-8H2/t10?,11-,12-,13?,14?,15?/m1/s1. The van der Waals surface area contributed by atoms with Crippen LogP contribution in [0.1, 0.15) is 44.9 Å². The molecule has 1 aliphatic heterocycles. The highest BCUT2D eigenvalue weighted by molar-refractivity contribution is 5.58. The summed E-state index contributed by atoms with van der Waals surface area (Å²) in [5.41, 5.74) is -0.00958. The Bertz CT molecular complexity index is 340. The molecule has 2 heteroatoms. The number of carbonyl (C=O) groups excluding carboxylic acids is 1. The molecule has 2 nitrogen and oxygen atoms in total. The highest BCUT2D eigenvalue weighted by atomic mass is 16.5. The lowest BCUT2D eigenvalue weighted by Gasteiger charge is -2.38. The van der Waals surface area contributed by atoms with Crippen LogP contribution in [0, 0.1) is 29.6 Å². The van der Waals surface area contributed by atoms with Gasteiger partial charge < -0.3 is 9.53 Å². The highest BCUT2D eigenvalue weighted by Gasteiger charge is 2.65. The maximum Gasteiger partial charge on any atom is 0.126 e. The summed E-state index contributed by atoms with van der Waals surface area (Å²) in [6.45, 7) is 0.908. The van der Waals surface area contributed by atoms with Crippen molar-refractivity contribution in [2.24, 2.45) is 29.6 Å². The average molecular weight is 234 g/mol. The van der Waals surface area contributed by atoms with E-state index in [1.165, 1.54) is 51.2 Å². The molecule has 4 unspecified atom stereocenters. The first kappa shape index (κ1) is 10.5. The Kier molecular flexibility index (Phi) is 2.21. The summed E-state index contributed by atoms with van der Waals surface area (Å²) < 4.78 is 6.24. The lowest BCUT2D eigenvalue weighted by Crippen LogP contribution is -2.44. The van der Waals surface area contributed by atoms with Gasteiger partial charge >= 0.3 is 0 Å². The molecule has 4 fully saturated rings. The number of carbonyl (C=O) groups is 1. The second-order valence-electron chi connectivity index (χ2n) is 6.77. The third-order valence-electron chi connectivity index (χ3n) is 6.13. The minimum atomic E-state index is -0.00958. The van der Waals surface area contributed by atoms with Crippen LogP contribution >= 0.6 is 0 Å². The van der Waals surface area contributed by atoms with Crippen LogP contribution in [0.25, 0.3) is 0 Å². The Labute approximate surface area is 103 Å². The first-order valence-electron chi connectivity index (χ1n) is 7.44. The van der Waals surface area contributed by atoms with Crippen LogP contribution in [-0.2, 0) is 9.53 Å². The fraction of sp³-hybridized carbons (Fsp3) is 0.933. The zero-order valence-electron chi connectivity index (χ0n) is 10.4. The minimum Gasteiger partial charge on any atom is -0.374 e. The summed E-state index contributed by atoms with van der Waals surface area (Å²) in [6.07, 6.45) is 10.4. The van der Waals surface area contributed by atoms with Gasteiger partial charge in [0.25, 0.3) is 0 Å². The fourth-order valence-electron chi connectivity index (χ4n) is 5.31. The smallest absolute Gasteiger partial charge is 0.126 e. The summed E-state index contributed by atoms with van der Waals surface area (Å²) in [5.74, 6) is 3.30. The monoisotopic (exact) mass is 234 g/mol. The minimum absolute atomic E-state index is 0.00958. The van der Waals surface area contributed by atoms with Crippen molar-refractivity contribution >= 4 is 6.29 Å². The number of hydrogen-bond donors (Lipinski definition) is 0. The van der Waals surface area contributed by atoms with Gasteiger partial charge in [-0.25, -0.2) is 0 Å². The second kappa shape index (κ2) is 3.57. The maximum absolute atomic E-state index is 11.6. The first-order valence-corrected chi connectivity index (χ1v) is 7.44. The predicted molar refractivity (Wildman–Crippen MR) is 64.5 cm³/mol. The van der Waals surface area contributed by atoms with E-state index in [0.717, 1.165) is 24.4 Å². The maximum atomic E-state index is 11.6. The van der Waals surface area contributed by atoms with Gasteiger partial charge in [-0.1, -0.05) is 19.3 Å². The molecule has 0 aromatic rings. The molecular weight excluding hydrogens is 212 g/mol. The molecule has 4 rings (SSSR count). The van der Waals surface area contributed by atoms with Crippen LogP contribution in [0.15, 0.2) is 0 Å². The molecule has 94 valence electrons. The molecule has 0 amide bonds. The van der Waals surface area contributed by atoms with E-state index >= 15 is 0 Å². The van der Waals surface area contributed by atoms with Crippen molar-refractivity contribution in [3.63, 3.8) is 0 Å². The van der Waals surface area contributed by atoms with Crippen molar-refractivity contribution in [1.82, 2.24) is 0 Å². The highest BCUT2D eigenvalue weighted by Crippen LogP contribution is 2.64. The molecule has 1 spiro atoms. The van der Waals surface area contributed by atoms with Gasteiger partial charge in [0.05, 0.1) is 5.60 Å². The van der Waals surface area contributed by atoms with E-state index in [1.54, 1.807) is 0 Å². The Balaban J connectivity index is 1.68. The van der Waals surface area contributed by atoms with Crippen molar-refractivity contribution < 1.29 is 9.53 Å². The van der Waals surface area contributed by atoms with Gasteiger partial charge in [0.2, 0.25) is 0 Å². The molecule has 4 aliphatic rings. The lowest BCUT2D eigenvalue weighted by atomic mass is 9.76. The topological polar surface area (TPSA) is 26.3 Å². The SMILES string of the molecule is O=CC1[C@@H]2CCCC[C@@H]2CC12OCCC1CC12. The second-order valence-corrected chi connectivity index (χ2v) is 6.77. The Morgan fingerprint density at radius 3 is 2.88 bits per heavy atom. The van der Waals surface area contributed by atoms with E-state index in [4.69, 9.17) is 4.74 Å². The Hall–Kier alpha value is -0.370. The van der Waals surface area contributed by atoms with Crippen LogP contribution in [0.2, 0.25) is 0 Å². The fourth-order valence-corrected chi connectivity index (χ4v) is 5.31. The van der Waals surface area contributed by atoms with Gasteiger partial charge in [-0.2, -0.15) is 0 Å². The summed E-state index contributed by atoms with van der Waals surface area (Å²) in [5, 5.41) is 0. The van der Waals surface area contributed by atoms with Crippen LogP contribution in [0.4, 0.5) is 0 Å². The Morgan fingerprint density at radius 1 is 1.12 bits per heavy atom. The van der Waals surface area contributed by atoms with Crippen LogP contribution in [0.3, 0.4) is 0 Å². The van der Waals surface area contributed by atoms with E-state index in [9.17, 15) is 4.79 Å². The van der Waals surface area contributed by atoms with Gasteiger partial charge in [-0.05, 0) is 49.4 Å². The molecule has 0 N–H and O–H groups in total. The van der Waals surface area contributed by atoms with Crippen molar-refractivity contribution in [1.29, 1.82) is 0 Å². The molecular formula is C15H22O2. The number of aldehydes is 1. The first-order chi connectivity index (χ1) is 8.35. The van der Waals surface area contributed by atoms with Gasteiger partial charge in [0.1, 0.15) is 6.29 Å². The van der Waals surface area contributed by atoms with Crippen LogP contribution in [0.5, 0.6) is 0 Å². The van der Waals surface area contributed by atoms with Crippen LogP contribution in [-0.4, -0.2) is 18.5 Å². The number of fused-ring (bicyclic) bond motifs is 3. The van der Waals surface area contributed by atoms with Gasteiger partial charge in [0, 0.05) is 12.5 Å². The molecule has 3 aliphatic carbocycles. The van der Waals surface area contributed by atoms with E-state index in [2.05, 4.69) is 0 Å². The number of hydrogen-bond acceptors (Lipinski definition) is 2. The molecule has 0 aromatic heterocycles. The van der Waals surface area contributed by atoms with Crippen molar-refractivity contribution in [2.75, 3.05) is 6.61 Å². The van der Waals surface area contributed by atoms with E-state index in [-0.39, 0.29) is 11.5 Å². The predicted octanol–water partition coefficient (Wildman–Crippen LogP) is 2.81. The molecule has 1 heterocycles. The Morgan fingerprint density at radius 2 is 2.00 bits per heavy atom. The summed E-state index contributed by atoms with van der Waals surface area (Å²) in [6, 6.07) is 0. The van der Waals surface area contributed by atoms with Crippen molar-refractivity contribution in [3.8, 4) is 0 Å². The number of ether oxygens (including phenoxy) is 1. The molecule has 17 heavy (non-hydrogen) atoms. The molecule has 3 saturated carbocycles. The zero-order chi connectivity index (χ0) is 11.5. The molecule has 1 saturated heterocycles. The largest absolute Gasteiger partial charge is 0.374 e. The molecule has 6 atom stereocenters. The van der Waals surface area contributed by atoms with Crippen molar-refractivity contribution in [3.05, 3.63) is 0 Å². The van der Waals surface area contributed by atoms with Gasteiger partial charge in [-0.3, -0.25) is 0 Å². The number of rotatable bonds is 1. The van der Waals surface area contributed by atoms with Gasteiger partial charge in [-0.15, -0.1) is 0 Å². The molecule has 0 radical (unpaired) electrons. The van der Waals surface area contributed by atoms with E-state index < -0.39 is 0 Å². The lowest BCUT2D eigenvalue weighted by molar-refractivity contribution is -0.138. The summed E-state index contributed by atoms with van der Waals surface area (Å²) >= 11 is 0. The van der Waals surface area contributed by atoms with E-state index in [1.807, 2.05) is 0 Å². The molecule has 0 aromatic carbocycles. The normalized spacial score (nSPS) is 56.4.